The second kappa shape index (κ2) is 41.5. The van der Waals surface area contributed by atoms with Gasteiger partial charge in [0.15, 0.2) is 6.10 Å². The molecule has 1 amide bonds. The highest BCUT2D eigenvalue weighted by Crippen LogP contribution is 2.40. The zero-order chi connectivity index (χ0) is 47.0. The van der Waals surface area contributed by atoms with Gasteiger partial charge >= 0.3 is 19.8 Å². The first kappa shape index (κ1) is 61.1. The summed E-state index contributed by atoms with van der Waals surface area (Å²) in [5, 5.41) is 33.3. The predicted molar refractivity (Wildman–Crippen MR) is 248 cm³/mol. The van der Waals surface area contributed by atoms with Crippen molar-refractivity contribution in [3.63, 3.8) is 0 Å². The number of nitrogens with one attached hydrogen (secondary N) is 1. The van der Waals surface area contributed by atoms with E-state index >= 15 is 0 Å². The van der Waals surface area contributed by atoms with E-state index in [4.69, 9.17) is 14.0 Å². The van der Waals surface area contributed by atoms with Gasteiger partial charge in [0.1, 0.15) is 30.6 Å². The maximum absolute atomic E-state index is 13.6. The largest absolute Gasteiger partial charge is 0.470 e. The lowest BCUT2D eigenvalue weighted by Gasteiger charge is -2.33. The highest BCUT2D eigenvalue weighted by Gasteiger charge is 2.43. The molecule has 0 spiro atoms. The Balaban J connectivity index is 5.67. The number of unbranched alkanes of at least 4 members (excludes halogenated alkanes) is 26. The highest BCUT2D eigenvalue weighted by molar-refractivity contribution is 7.46. The Morgan fingerprint density at radius 3 is 1.38 bits per heavy atom. The van der Waals surface area contributed by atoms with Gasteiger partial charge in [-0.3, -0.25) is 18.9 Å². The molecule has 0 saturated heterocycles. The van der Waals surface area contributed by atoms with Crippen molar-refractivity contribution in [3.8, 4) is 0 Å². The van der Waals surface area contributed by atoms with Crippen molar-refractivity contribution in [2.75, 3.05) is 6.61 Å². The van der Waals surface area contributed by atoms with Crippen molar-refractivity contribution in [2.24, 2.45) is 0 Å². The third-order valence-corrected chi connectivity index (χ3v) is 12.1. The molecule has 0 bridgehead atoms. The van der Waals surface area contributed by atoms with Crippen LogP contribution in [-0.4, -0.2) is 92.4 Å². The summed E-state index contributed by atoms with van der Waals surface area (Å²) in [6.45, 7) is 5.46. The van der Waals surface area contributed by atoms with Crippen molar-refractivity contribution >= 4 is 32.0 Å². The van der Waals surface area contributed by atoms with Gasteiger partial charge in [-0.05, 0) is 25.7 Å². The first-order chi connectivity index (χ1) is 30.3. The third kappa shape index (κ3) is 36.9. The van der Waals surface area contributed by atoms with E-state index in [1.165, 1.54) is 96.3 Å². The zero-order valence-electron chi connectivity index (χ0n) is 39.7. The van der Waals surface area contributed by atoms with Crippen LogP contribution in [0.1, 0.15) is 239 Å². The number of phosphoric ester groups is 1. The summed E-state index contributed by atoms with van der Waals surface area (Å²) < 4.78 is 28.1. The molecular weight excluding hydrogens is 829 g/mol. The number of aldehydes is 1. The molecular formula is C48H92NO13P. The minimum absolute atomic E-state index is 0.163. The smallest absolute Gasteiger partial charge is 0.462 e. The number of amides is 1. The molecule has 0 aliphatic carbocycles. The average molecular weight is 922 g/mol. The van der Waals surface area contributed by atoms with Crippen LogP contribution in [0.25, 0.3) is 0 Å². The molecule has 63 heavy (non-hydrogen) atoms. The molecule has 0 fully saturated rings. The number of ether oxygens (including phenoxy) is 2. The van der Waals surface area contributed by atoms with Gasteiger partial charge in [-0.1, -0.05) is 194 Å². The molecule has 0 aromatic rings. The molecule has 0 aliphatic heterocycles. The summed E-state index contributed by atoms with van der Waals surface area (Å²) in [4.78, 5) is 71.5. The molecule has 0 saturated carbocycles. The monoisotopic (exact) mass is 922 g/mol. The van der Waals surface area contributed by atoms with Crippen molar-refractivity contribution < 1.29 is 62.8 Å². The van der Waals surface area contributed by atoms with E-state index in [2.05, 4.69) is 26.1 Å². The lowest BCUT2D eigenvalue weighted by atomic mass is 10.0. The standard InChI is InChI=1S/C48H92NO13P/c1-4-7-10-13-16-19-20-23-26-29-32-35-45(55)60-41(34-31-28-25-22-18-15-12-9-6-3)37-46(56)61-47(48(43(53)39-51)62-63(57,58)59)42(38-50)49-44(54)36-40(52)33-30-27-24-21-17-14-11-8-5-2/h38,40-43,47-48,51-53H,4-37,39H2,1-3H3,(H,49,54)(H2,57,58,59)/t40-,41-,42-,43+,47+,48+/m0/s1. The molecule has 0 radical (unpaired) electrons. The molecule has 0 heterocycles. The molecule has 14 nitrogen and oxygen atoms in total. The van der Waals surface area contributed by atoms with Crippen molar-refractivity contribution in [1.82, 2.24) is 5.32 Å². The lowest BCUT2D eigenvalue weighted by Crippen LogP contribution is -2.56. The highest BCUT2D eigenvalue weighted by atomic mass is 31.2. The fraction of sp³-hybridized carbons (Fsp3) is 0.917. The van der Waals surface area contributed by atoms with E-state index in [0.717, 1.165) is 70.6 Å². The van der Waals surface area contributed by atoms with Crippen LogP contribution in [0.3, 0.4) is 0 Å². The van der Waals surface area contributed by atoms with Crippen LogP contribution >= 0.6 is 7.82 Å². The lowest BCUT2D eigenvalue weighted by molar-refractivity contribution is -0.169. The Bertz CT molecular complexity index is 1170. The summed E-state index contributed by atoms with van der Waals surface area (Å²) in [6.07, 6.45) is 23.5. The molecule has 0 aromatic carbocycles. The third-order valence-electron chi connectivity index (χ3n) is 11.6. The van der Waals surface area contributed by atoms with Gasteiger partial charge in [0, 0.05) is 6.42 Å². The van der Waals surface area contributed by atoms with E-state index < -0.39 is 81.7 Å². The number of hydrogen-bond donors (Lipinski definition) is 6. The SMILES string of the molecule is CCCCCCCCCCCCCC(=O)O[C@@H](CCCCCCCCCCC)CC(=O)O[C@@H]([C@H](OP(=O)(O)O)[C@H](O)CO)[C@H](C=O)NC(=O)C[C@@H](O)CCCCCCCCCCC. The number of phosphoric acid groups is 1. The molecule has 0 aliphatic rings. The second-order valence-electron chi connectivity index (χ2n) is 17.7. The quantitative estimate of drug-likeness (QED) is 0.0145. The Kier molecular flexibility index (Phi) is 40.2. The molecule has 0 unspecified atom stereocenters. The zero-order valence-corrected chi connectivity index (χ0v) is 40.6. The van der Waals surface area contributed by atoms with E-state index in [1.54, 1.807) is 0 Å². The first-order valence-corrected chi connectivity index (χ1v) is 26.7. The Labute approximate surface area is 381 Å². The van der Waals surface area contributed by atoms with E-state index in [1.807, 2.05) is 0 Å². The van der Waals surface area contributed by atoms with Gasteiger partial charge in [0.05, 0.1) is 25.6 Å². The molecule has 0 aromatic heterocycles. The molecule has 6 atom stereocenters. The van der Waals surface area contributed by atoms with Crippen molar-refractivity contribution in [1.29, 1.82) is 0 Å². The fourth-order valence-corrected chi connectivity index (χ4v) is 8.43. The maximum Gasteiger partial charge on any atom is 0.470 e. The van der Waals surface area contributed by atoms with Gasteiger partial charge in [-0.25, -0.2) is 4.57 Å². The number of aliphatic hydroxyl groups is 3. The van der Waals surface area contributed by atoms with E-state index in [0.29, 0.717) is 32.1 Å². The minimum atomic E-state index is -5.43. The van der Waals surface area contributed by atoms with Crippen LogP contribution < -0.4 is 5.32 Å². The summed E-state index contributed by atoms with van der Waals surface area (Å²) in [6, 6.07) is -1.81. The molecule has 15 heteroatoms. The predicted octanol–water partition coefficient (Wildman–Crippen LogP) is 10.0. The molecule has 0 rings (SSSR count). The van der Waals surface area contributed by atoms with E-state index in [9.17, 15) is 48.8 Å². The number of aliphatic hydroxyl groups excluding tert-OH is 3. The van der Waals surface area contributed by atoms with Gasteiger partial charge in [0.2, 0.25) is 5.91 Å². The fourth-order valence-electron chi connectivity index (χ4n) is 7.85. The topological polar surface area (TPSA) is 226 Å². The van der Waals surface area contributed by atoms with Crippen LogP contribution in [-0.2, 0) is 37.7 Å². The first-order valence-electron chi connectivity index (χ1n) is 25.2. The second-order valence-corrected chi connectivity index (χ2v) is 18.9. The maximum atomic E-state index is 13.6. The van der Waals surface area contributed by atoms with Gasteiger partial charge in [-0.2, -0.15) is 0 Å². The van der Waals surface area contributed by atoms with Crippen molar-refractivity contribution in [2.45, 2.75) is 276 Å². The summed E-state index contributed by atoms with van der Waals surface area (Å²) in [7, 11) is -5.43. The Morgan fingerprint density at radius 2 is 0.968 bits per heavy atom. The number of hydrogen-bond acceptors (Lipinski definition) is 11. The number of rotatable bonds is 46. The molecule has 372 valence electrons. The molecule has 6 N–H and O–H groups in total. The summed E-state index contributed by atoms with van der Waals surface area (Å²) in [5.41, 5.74) is 0. The van der Waals surface area contributed by atoms with Crippen LogP contribution in [0.15, 0.2) is 0 Å². The van der Waals surface area contributed by atoms with Crippen LogP contribution in [0, 0.1) is 0 Å². The van der Waals surface area contributed by atoms with Crippen LogP contribution in [0.2, 0.25) is 0 Å². The van der Waals surface area contributed by atoms with Crippen molar-refractivity contribution in [3.05, 3.63) is 0 Å². The Hall–Kier alpha value is -1.93. The van der Waals surface area contributed by atoms with Crippen LogP contribution in [0.4, 0.5) is 0 Å². The van der Waals surface area contributed by atoms with Crippen LogP contribution in [0.5, 0.6) is 0 Å². The Morgan fingerprint density at radius 1 is 0.556 bits per heavy atom. The van der Waals surface area contributed by atoms with Gasteiger partial charge in [-0.15, -0.1) is 0 Å². The number of carbonyl (C=O) groups excluding carboxylic acids is 4. The van der Waals surface area contributed by atoms with Gasteiger partial charge in [0.25, 0.3) is 0 Å². The number of esters is 2. The minimum Gasteiger partial charge on any atom is -0.462 e. The summed E-state index contributed by atoms with van der Waals surface area (Å²) in [5.74, 6) is -2.32. The average Bonchev–Trinajstić information content (AvgIpc) is 3.24. The summed E-state index contributed by atoms with van der Waals surface area (Å²) >= 11 is 0. The number of carbonyl (C=O) groups is 4. The normalized spacial score (nSPS) is 14.7. The van der Waals surface area contributed by atoms with E-state index in [-0.39, 0.29) is 12.7 Å². The van der Waals surface area contributed by atoms with Gasteiger partial charge < -0.3 is 44.7 Å².